The Hall–Kier alpha value is -0.900. The summed E-state index contributed by atoms with van der Waals surface area (Å²) in [6.07, 6.45) is 13.1. The molecular weight excluding hydrogens is 408 g/mol. The molecule has 0 saturated heterocycles. The van der Waals surface area contributed by atoms with Crippen LogP contribution in [0.4, 0.5) is 0 Å². The van der Waals surface area contributed by atoms with Gasteiger partial charge in [0.1, 0.15) is 0 Å². The van der Waals surface area contributed by atoms with Crippen molar-refractivity contribution in [3.8, 4) is 0 Å². The zero-order chi connectivity index (χ0) is 24.4. The van der Waals surface area contributed by atoms with Crippen molar-refractivity contribution >= 4 is 0 Å². The van der Waals surface area contributed by atoms with E-state index in [1.165, 1.54) is 16.7 Å². The third kappa shape index (κ3) is 3.47. The standard InChI is InChI=1S/C30H48O3/c1-19(2)9-8-10-20(18-31)23-17-26(33)30(7)22-11-12-24-27(3,4)25(32)14-15-28(24,5)21(22)13-16-29(23,30)6/h9,11,13,20,23-26,31-33H,8,10,12,14-18H2,1-7H3/t20-,23+,24-,25-,26-,28+,29+,30+/m0/s1. The molecule has 3 nitrogen and oxygen atoms in total. The minimum absolute atomic E-state index is 0.0504. The molecule has 0 aromatic heterocycles. The van der Waals surface area contributed by atoms with E-state index in [-0.39, 0.29) is 46.4 Å². The maximum Gasteiger partial charge on any atom is 0.0642 e. The van der Waals surface area contributed by atoms with Gasteiger partial charge in [-0.2, -0.15) is 0 Å². The third-order valence-electron chi connectivity index (χ3n) is 11.3. The van der Waals surface area contributed by atoms with Gasteiger partial charge in [-0.25, -0.2) is 0 Å². The summed E-state index contributed by atoms with van der Waals surface area (Å²) in [6, 6.07) is 0. The second-order valence-electron chi connectivity index (χ2n) is 13.3. The summed E-state index contributed by atoms with van der Waals surface area (Å²) in [5.41, 5.74) is 3.74. The van der Waals surface area contributed by atoms with Crippen molar-refractivity contribution in [2.24, 2.45) is 39.4 Å². The fraction of sp³-hybridized carbons (Fsp3) is 0.800. The Balaban J connectivity index is 1.72. The normalized spacial score (nSPS) is 44.7. The highest BCUT2D eigenvalue weighted by Crippen LogP contribution is 2.71. The molecule has 4 aliphatic rings. The average Bonchev–Trinajstić information content (AvgIpc) is 2.95. The van der Waals surface area contributed by atoms with Crippen molar-refractivity contribution in [1.29, 1.82) is 0 Å². The Morgan fingerprint density at radius 2 is 1.76 bits per heavy atom. The highest BCUT2D eigenvalue weighted by atomic mass is 16.3. The van der Waals surface area contributed by atoms with E-state index in [1.807, 2.05) is 0 Å². The summed E-state index contributed by atoms with van der Waals surface area (Å²) in [4.78, 5) is 0. The van der Waals surface area contributed by atoms with Crippen molar-refractivity contribution in [2.45, 2.75) is 106 Å². The van der Waals surface area contributed by atoms with Crippen LogP contribution in [-0.4, -0.2) is 34.1 Å². The SMILES string of the molecule is CC(C)=CCC[C@@H](CO)[C@H]1C[C@H](O)[C@@]2(C)C3=CC[C@H]4C(C)(C)[C@@H](O)CC[C@]4(C)C3=CC[C@]12C. The molecule has 0 aromatic rings. The van der Waals surface area contributed by atoms with Gasteiger partial charge in [-0.3, -0.25) is 0 Å². The first-order valence-corrected chi connectivity index (χ1v) is 13.4. The van der Waals surface area contributed by atoms with Crippen LogP contribution in [0.1, 0.15) is 93.4 Å². The molecule has 3 heteroatoms. The molecule has 2 fully saturated rings. The maximum absolute atomic E-state index is 11.6. The zero-order valence-electron chi connectivity index (χ0n) is 22.1. The molecule has 0 aromatic carbocycles. The van der Waals surface area contributed by atoms with Crippen LogP contribution in [0.2, 0.25) is 0 Å². The topological polar surface area (TPSA) is 60.7 Å². The second kappa shape index (κ2) is 8.35. The molecule has 0 bridgehead atoms. The predicted octanol–water partition coefficient (Wildman–Crippen LogP) is 6.20. The Morgan fingerprint density at radius 3 is 2.39 bits per heavy atom. The van der Waals surface area contributed by atoms with E-state index in [1.54, 1.807) is 0 Å². The van der Waals surface area contributed by atoms with E-state index in [9.17, 15) is 15.3 Å². The van der Waals surface area contributed by atoms with Crippen molar-refractivity contribution in [3.05, 3.63) is 34.9 Å². The Morgan fingerprint density at radius 1 is 1.06 bits per heavy atom. The maximum atomic E-state index is 11.6. The van der Waals surface area contributed by atoms with Gasteiger partial charge in [0, 0.05) is 12.0 Å². The first kappa shape index (κ1) is 25.2. The van der Waals surface area contributed by atoms with Crippen LogP contribution in [0.5, 0.6) is 0 Å². The highest BCUT2D eigenvalue weighted by molar-refractivity contribution is 5.50. The Bertz CT molecular complexity index is 862. The molecule has 0 radical (unpaired) electrons. The minimum atomic E-state index is -0.387. The van der Waals surface area contributed by atoms with Gasteiger partial charge in [0.05, 0.1) is 12.2 Å². The third-order valence-corrected chi connectivity index (χ3v) is 11.3. The smallest absolute Gasteiger partial charge is 0.0642 e. The second-order valence-corrected chi connectivity index (χ2v) is 13.3. The molecular formula is C30H48O3. The first-order valence-electron chi connectivity index (χ1n) is 13.4. The van der Waals surface area contributed by atoms with Crippen LogP contribution in [-0.2, 0) is 0 Å². The zero-order valence-corrected chi connectivity index (χ0v) is 22.1. The van der Waals surface area contributed by atoms with Crippen LogP contribution in [0, 0.1) is 39.4 Å². The van der Waals surface area contributed by atoms with E-state index < -0.39 is 0 Å². The number of fused-ring (bicyclic) bond motifs is 5. The Labute approximate surface area is 202 Å². The van der Waals surface area contributed by atoms with Gasteiger partial charge in [0.25, 0.3) is 0 Å². The summed E-state index contributed by atoms with van der Waals surface area (Å²) < 4.78 is 0. The molecule has 2 saturated carbocycles. The van der Waals surface area contributed by atoms with Gasteiger partial charge in [-0.1, -0.05) is 58.4 Å². The van der Waals surface area contributed by atoms with Crippen LogP contribution in [0.15, 0.2) is 34.9 Å². The molecule has 0 amide bonds. The van der Waals surface area contributed by atoms with Gasteiger partial charge < -0.3 is 15.3 Å². The monoisotopic (exact) mass is 456 g/mol. The average molecular weight is 457 g/mol. The van der Waals surface area contributed by atoms with E-state index in [0.717, 1.165) is 44.9 Å². The lowest BCUT2D eigenvalue weighted by atomic mass is 9.44. The molecule has 0 aliphatic heterocycles. The minimum Gasteiger partial charge on any atom is -0.396 e. The number of rotatable bonds is 5. The van der Waals surface area contributed by atoms with Crippen molar-refractivity contribution < 1.29 is 15.3 Å². The van der Waals surface area contributed by atoms with E-state index in [2.05, 4.69) is 66.7 Å². The number of allylic oxidation sites excluding steroid dienone is 5. The summed E-state index contributed by atoms with van der Waals surface area (Å²) in [6.45, 7) is 16.1. The fourth-order valence-electron chi connectivity index (χ4n) is 8.80. The number of aliphatic hydroxyl groups excluding tert-OH is 3. The number of hydrogen-bond donors (Lipinski definition) is 3. The summed E-state index contributed by atoms with van der Waals surface area (Å²) in [5.74, 6) is 0.940. The van der Waals surface area contributed by atoms with Crippen LogP contribution in [0.3, 0.4) is 0 Å². The van der Waals surface area contributed by atoms with E-state index in [4.69, 9.17) is 0 Å². The fourth-order valence-corrected chi connectivity index (χ4v) is 8.80. The molecule has 33 heavy (non-hydrogen) atoms. The largest absolute Gasteiger partial charge is 0.396 e. The van der Waals surface area contributed by atoms with Crippen molar-refractivity contribution in [2.75, 3.05) is 6.61 Å². The first-order chi connectivity index (χ1) is 15.3. The van der Waals surface area contributed by atoms with Gasteiger partial charge in [-0.05, 0) is 104 Å². The van der Waals surface area contributed by atoms with Crippen LogP contribution in [0.25, 0.3) is 0 Å². The summed E-state index contributed by atoms with van der Waals surface area (Å²) >= 11 is 0. The molecule has 8 atom stereocenters. The quantitative estimate of drug-likeness (QED) is 0.432. The molecule has 0 spiro atoms. The summed E-state index contributed by atoms with van der Waals surface area (Å²) in [5, 5.41) is 32.8. The van der Waals surface area contributed by atoms with Crippen LogP contribution < -0.4 is 0 Å². The molecule has 3 N–H and O–H groups in total. The number of hydrogen-bond acceptors (Lipinski definition) is 3. The lowest BCUT2D eigenvalue weighted by molar-refractivity contribution is -0.0874. The van der Waals surface area contributed by atoms with Gasteiger partial charge >= 0.3 is 0 Å². The predicted molar refractivity (Wildman–Crippen MR) is 136 cm³/mol. The van der Waals surface area contributed by atoms with Crippen LogP contribution >= 0.6 is 0 Å². The van der Waals surface area contributed by atoms with Crippen molar-refractivity contribution in [1.82, 2.24) is 0 Å². The Kier molecular flexibility index (Phi) is 6.37. The van der Waals surface area contributed by atoms with Gasteiger partial charge in [-0.15, -0.1) is 0 Å². The lowest BCUT2D eigenvalue weighted by Gasteiger charge is -2.61. The van der Waals surface area contributed by atoms with E-state index >= 15 is 0 Å². The highest BCUT2D eigenvalue weighted by Gasteiger charge is 2.66. The summed E-state index contributed by atoms with van der Waals surface area (Å²) in [7, 11) is 0. The molecule has 0 heterocycles. The molecule has 4 aliphatic carbocycles. The molecule has 4 rings (SSSR count). The van der Waals surface area contributed by atoms with Crippen molar-refractivity contribution in [3.63, 3.8) is 0 Å². The van der Waals surface area contributed by atoms with Gasteiger partial charge in [0.2, 0.25) is 0 Å². The number of aliphatic hydroxyl groups is 3. The molecule has 0 unspecified atom stereocenters. The van der Waals surface area contributed by atoms with E-state index in [0.29, 0.717) is 11.8 Å². The lowest BCUT2D eigenvalue weighted by Crippen LogP contribution is -2.55. The molecule has 186 valence electrons. The van der Waals surface area contributed by atoms with Gasteiger partial charge in [0.15, 0.2) is 0 Å².